The maximum atomic E-state index is 13.8. The van der Waals surface area contributed by atoms with Crippen LogP contribution in [0.4, 0.5) is 4.39 Å². The number of carbonyl (C=O) groups is 1. The number of pyridine rings is 1. The van der Waals surface area contributed by atoms with Crippen molar-refractivity contribution < 1.29 is 17.6 Å². The number of hydrogen-bond donors (Lipinski definition) is 1. The maximum Gasteiger partial charge on any atom is 0.233 e. The van der Waals surface area contributed by atoms with Gasteiger partial charge in [-0.2, -0.15) is 0 Å². The molecule has 1 fully saturated rings. The van der Waals surface area contributed by atoms with Crippen LogP contribution < -0.4 is 5.32 Å². The number of benzene rings is 1. The number of thioether (sulfide) groups is 1. The van der Waals surface area contributed by atoms with Gasteiger partial charge in [0, 0.05) is 23.4 Å². The molecule has 25 heavy (non-hydrogen) atoms. The molecule has 1 saturated heterocycles. The number of amides is 1. The van der Waals surface area contributed by atoms with Gasteiger partial charge in [0.2, 0.25) is 5.91 Å². The number of aromatic nitrogens is 1. The number of halogens is 1. The van der Waals surface area contributed by atoms with Gasteiger partial charge in [0.05, 0.1) is 22.3 Å². The van der Waals surface area contributed by atoms with Gasteiger partial charge in [0.25, 0.3) is 0 Å². The van der Waals surface area contributed by atoms with E-state index in [1.165, 1.54) is 17.8 Å². The van der Waals surface area contributed by atoms with Gasteiger partial charge in [0.15, 0.2) is 9.84 Å². The first kappa shape index (κ1) is 18.1. The summed E-state index contributed by atoms with van der Waals surface area (Å²) in [7, 11) is -3.02. The maximum absolute atomic E-state index is 13.8. The van der Waals surface area contributed by atoms with Crippen molar-refractivity contribution in [2.24, 2.45) is 0 Å². The second kappa shape index (κ2) is 7.29. The molecule has 2 heterocycles. The fraction of sp³-hybridized carbons (Fsp3) is 0.412. The highest BCUT2D eigenvalue weighted by Gasteiger charge is 2.30. The molecule has 1 aromatic heterocycles. The van der Waals surface area contributed by atoms with Gasteiger partial charge >= 0.3 is 0 Å². The predicted octanol–water partition coefficient (Wildman–Crippen LogP) is 2.30. The Balaban J connectivity index is 1.62. The monoisotopic (exact) mass is 382 g/mol. The van der Waals surface area contributed by atoms with Crippen molar-refractivity contribution in [3.63, 3.8) is 0 Å². The number of carbonyl (C=O) groups excluding carboxylic acids is 1. The predicted molar refractivity (Wildman–Crippen MR) is 97.7 cm³/mol. The molecule has 0 bridgehead atoms. The number of nitrogens with one attached hydrogen (secondary N) is 1. The van der Waals surface area contributed by atoms with Crippen LogP contribution in [0, 0.1) is 5.82 Å². The lowest BCUT2D eigenvalue weighted by Crippen LogP contribution is -2.40. The summed E-state index contributed by atoms with van der Waals surface area (Å²) < 4.78 is 36.7. The van der Waals surface area contributed by atoms with E-state index in [0.717, 1.165) is 5.56 Å². The van der Waals surface area contributed by atoms with Gasteiger partial charge in [-0.05, 0) is 37.1 Å². The number of sulfone groups is 1. The molecular formula is C17H19FN2O3S2. The molecule has 1 N–H and O–H groups in total. The zero-order valence-electron chi connectivity index (χ0n) is 13.7. The summed E-state index contributed by atoms with van der Waals surface area (Å²) in [6.45, 7) is 1.78. The molecule has 1 aromatic carbocycles. The molecule has 1 aliphatic rings. The zero-order chi connectivity index (χ0) is 18.0. The molecule has 2 unspecified atom stereocenters. The van der Waals surface area contributed by atoms with Gasteiger partial charge in [-0.25, -0.2) is 12.8 Å². The minimum absolute atomic E-state index is 0.0165. The first-order chi connectivity index (χ1) is 11.9. The molecule has 0 spiro atoms. The number of hydrogen-bond acceptors (Lipinski definition) is 5. The van der Waals surface area contributed by atoms with Crippen molar-refractivity contribution in [1.29, 1.82) is 0 Å². The van der Waals surface area contributed by atoms with E-state index in [1.807, 2.05) is 0 Å². The van der Waals surface area contributed by atoms with Gasteiger partial charge in [-0.3, -0.25) is 9.78 Å². The third-order valence-electron chi connectivity index (χ3n) is 4.24. The molecule has 2 atom stereocenters. The molecule has 1 amide bonds. The van der Waals surface area contributed by atoms with Gasteiger partial charge in [-0.1, -0.05) is 6.07 Å². The van der Waals surface area contributed by atoms with Crippen LogP contribution >= 0.6 is 11.8 Å². The van der Waals surface area contributed by atoms with Crippen molar-refractivity contribution in [3.8, 4) is 0 Å². The molecule has 3 rings (SSSR count). The topological polar surface area (TPSA) is 76.1 Å². The first-order valence-electron chi connectivity index (χ1n) is 8.00. The summed E-state index contributed by atoms with van der Waals surface area (Å²) in [5.41, 5.74) is 1.47. The third kappa shape index (κ3) is 4.30. The fourth-order valence-electron chi connectivity index (χ4n) is 2.83. The molecule has 8 heteroatoms. The molecule has 2 aromatic rings. The Morgan fingerprint density at radius 1 is 1.44 bits per heavy atom. The van der Waals surface area contributed by atoms with Crippen LogP contribution in [-0.4, -0.2) is 42.1 Å². The van der Waals surface area contributed by atoms with Crippen molar-refractivity contribution >= 4 is 38.4 Å². The largest absolute Gasteiger partial charge is 0.351 e. The molecule has 134 valence electrons. The van der Waals surface area contributed by atoms with E-state index in [1.54, 1.807) is 31.3 Å². The standard InChI is InChI=1S/C17H19FN2O3S2/c1-11(17(21)20-13-6-8-25(22,23)10-13)24-9-12-4-5-15(18)14-3-2-7-19-16(12)14/h2-5,7,11,13H,6,8-10H2,1H3,(H,20,21). The fourth-order valence-corrected chi connectivity index (χ4v) is 5.39. The molecular weight excluding hydrogens is 363 g/mol. The van der Waals surface area contributed by atoms with Crippen LogP contribution in [0.15, 0.2) is 30.5 Å². The lowest BCUT2D eigenvalue weighted by Gasteiger charge is -2.16. The summed E-state index contributed by atoms with van der Waals surface area (Å²) in [6, 6.07) is 6.17. The van der Waals surface area contributed by atoms with Crippen LogP contribution in [0.2, 0.25) is 0 Å². The van der Waals surface area contributed by atoms with Crippen molar-refractivity contribution in [1.82, 2.24) is 10.3 Å². The Morgan fingerprint density at radius 3 is 2.96 bits per heavy atom. The molecule has 1 aliphatic heterocycles. The Labute approximate surface area is 150 Å². The second-order valence-electron chi connectivity index (χ2n) is 6.17. The Bertz CT molecular complexity index is 902. The van der Waals surface area contributed by atoms with E-state index in [-0.39, 0.29) is 34.5 Å². The van der Waals surface area contributed by atoms with E-state index in [0.29, 0.717) is 23.1 Å². The Hall–Kier alpha value is -1.67. The van der Waals surface area contributed by atoms with Gasteiger partial charge in [0.1, 0.15) is 5.82 Å². The highest BCUT2D eigenvalue weighted by atomic mass is 32.2. The molecule has 0 radical (unpaired) electrons. The molecule has 0 aliphatic carbocycles. The highest BCUT2D eigenvalue weighted by molar-refractivity contribution is 7.99. The summed E-state index contributed by atoms with van der Waals surface area (Å²) in [4.78, 5) is 16.5. The molecule has 5 nitrogen and oxygen atoms in total. The Morgan fingerprint density at radius 2 is 2.24 bits per heavy atom. The van der Waals surface area contributed by atoms with Crippen LogP contribution in [0.1, 0.15) is 18.9 Å². The summed E-state index contributed by atoms with van der Waals surface area (Å²) in [5, 5.41) is 2.93. The average molecular weight is 382 g/mol. The molecule has 0 saturated carbocycles. The van der Waals surface area contributed by atoms with Crippen molar-refractivity contribution in [3.05, 3.63) is 41.8 Å². The van der Waals surface area contributed by atoms with Crippen LogP contribution in [0.3, 0.4) is 0 Å². The van der Waals surface area contributed by atoms with E-state index >= 15 is 0 Å². The smallest absolute Gasteiger partial charge is 0.233 e. The zero-order valence-corrected chi connectivity index (χ0v) is 15.4. The van der Waals surface area contributed by atoms with Crippen molar-refractivity contribution in [2.45, 2.75) is 30.4 Å². The SMILES string of the molecule is CC(SCc1ccc(F)c2cccnc12)C(=O)NC1CCS(=O)(=O)C1. The van der Waals surface area contributed by atoms with Crippen LogP contribution in [0.5, 0.6) is 0 Å². The second-order valence-corrected chi connectivity index (χ2v) is 9.73. The minimum Gasteiger partial charge on any atom is -0.351 e. The third-order valence-corrected chi connectivity index (χ3v) is 7.20. The van der Waals surface area contributed by atoms with Gasteiger partial charge < -0.3 is 5.32 Å². The number of rotatable bonds is 5. The number of nitrogens with zero attached hydrogens (tertiary/aromatic N) is 1. The highest BCUT2D eigenvalue weighted by Crippen LogP contribution is 2.25. The normalized spacial score (nSPS) is 20.5. The van der Waals surface area contributed by atoms with Gasteiger partial charge in [-0.15, -0.1) is 11.8 Å². The first-order valence-corrected chi connectivity index (χ1v) is 10.9. The van der Waals surface area contributed by atoms with E-state index in [2.05, 4.69) is 10.3 Å². The van der Waals surface area contributed by atoms with E-state index in [4.69, 9.17) is 0 Å². The van der Waals surface area contributed by atoms with E-state index in [9.17, 15) is 17.6 Å². The van der Waals surface area contributed by atoms with Crippen LogP contribution in [0.25, 0.3) is 10.9 Å². The average Bonchev–Trinajstić information content (AvgIpc) is 2.92. The summed E-state index contributed by atoms with van der Waals surface area (Å²) in [6.07, 6.45) is 2.09. The summed E-state index contributed by atoms with van der Waals surface area (Å²) in [5.74, 6) is 0.178. The summed E-state index contributed by atoms with van der Waals surface area (Å²) >= 11 is 1.42. The lowest BCUT2D eigenvalue weighted by atomic mass is 10.1. The lowest BCUT2D eigenvalue weighted by molar-refractivity contribution is -0.120. The number of fused-ring (bicyclic) bond motifs is 1. The minimum atomic E-state index is -3.02. The Kier molecular flexibility index (Phi) is 5.29. The van der Waals surface area contributed by atoms with E-state index < -0.39 is 9.84 Å². The quantitative estimate of drug-likeness (QED) is 0.859. The van der Waals surface area contributed by atoms with Crippen LogP contribution in [-0.2, 0) is 20.4 Å². The van der Waals surface area contributed by atoms with Crippen molar-refractivity contribution in [2.75, 3.05) is 11.5 Å².